The van der Waals surface area contributed by atoms with Crippen LogP contribution in [0.1, 0.15) is 50.5 Å². The average molecular weight is 315 g/mol. The molecule has 3 nitrogen and oxygen atoms in total. The summed E-state index contributed by atoms with van der Waals surface area (Å²) in [6.45, 7) is 11.3. The fourth-order valence-electron chi connectivity index (χ4n) is 2.51. The van der Waals surface area contributed by atoms with Gasteiger partial charge in [0.05, 0.1) is 19.4 Å². The monoisotopic (exact) mass is 315 g/mol. The van der Waals surface area contributed by atoms with Crippen LogP contribution in [0.2, 0.25) is 0 Å². The van der Waals surface area contributed by atoms with Gasteiger partial charge in [-0.1, -0.05) is 38.5 Å². The first kappa shape index (κ1) is 17.6. The van der Waals surface area contributed by atoms with Crippen molar-refractivity contribution in [2.75, 3.05) is 13.2 Å². The second-order valence-electron chi connectivity index (χ2n) is 7.06. The standard InChI is InChI=1S/C20H29NO2/c1-16-9-10-19(18(14-16)20(2,3)4)23-12-6-5-11-21-15-17-8-7-13-22-17/h7-10,13-14,21H,5-6,11-12,15H2,1-4H3. The predicted molar refractivity (Wildman–Crippen MR) is 95.0 cm³/mol. The van der Waals surface area contributed by atoms with E-state index in [-0.39, 0.29) is 5.41 Å². The van der Waals surface area contributed by atoms with Crippen molar-refractivity contribution in [2.24, 2.45) is 0 Å². The van der Waals surface area contributed by atoms with Gasteiger partial charge >= 0.3 is 0 Å². The van der Waals surface area contributed by atoms with Gasteiger partial charge in [-0.3, -0.25) is 0 Å². The predicted octanol–water partition coefficient (Wildman–Crippen LogP) is 4.83. The molecule has 2 rings (SSSR count). The van der Waals surface area contributed by atoms with Gasteiger partial charge in [0.25, 0.3) is 0 Å². The van der Waals surface area contributed by atoms with Crippen molar-refractivity contribution in [3.8, 4) is 5.75 Å². The van der Waals surface area contributed by atoms with E-state index < -0.39 is 0 Å². The molecule has 1 aromatic heterocycles. The number of nitrogens with one attached hydrogen (secondary N) is 1. The number of rotatable bonds is 8. The molecule has 23 heavy (non-hydrogen) atoms. The van der Waals surface area contributed by atoms with Gasteiger partial charge in [0.1, 0.15) is 11.5 Å². The first-order valence-electron chi connectivity index (χ1n) is 8.44. The lowest BCUT2D eigenvalue weighted by Crippen LogP contribution is -2.16. The highest BCUT2D eigenvalue weighted by molar-refractivity contribution is 5.41. The molecule has 1 aromatic carbocycles. The minimum atomic E-state index is 0.103. The summed E-state index contributed by atoms with van der Waals surface area (Å²) in [5.41, 5.74) is 2.67. The molecule has 0 saturated carbocycles. The fourth-order valence-corrected chi connectivity index (χ4v) is 2.51. The van der Waals surface area contributed by atoms with E-state index in [1.165, 1.54) is 11.1 Å². The minimum Gasteiger partial charge on any atom is -0.493 e. The number of aryl methyl sites for hydroxylation is 1. The third-order valence-electron chi connectivity index (χ3n) is 3.83. The first-order chi connectivity index (χ1) is 11.0. The van der Waals surface area contributed by atoms with Crippen LogP contribution < -0.4 is 10.1 Å². The Morgan fingerprint density at radius 1 is 1.13 bits per heavy atom. The molecule has 3 heteroatoms. The molecule has 0 atom stereocenters. The van der Waals surface area contributed by atoms with Gasteiger partial charge in [0, 0.05) is 0 Å². The Bertz CT molecular complexity index is 582. The third-order valence-corrected chi connectivity index (χ3v) is 3.83. The van der Waals surface area contributed by atoms with Gasteiger partial charge in [0.2, 0.25) is 0 Å². The molecule has 0 fully saturated rings. The zero-order chi connectivity index (χ0) is 16.7. The number of hydrogen-bond donors (Lipinski definition) is 1. The Kier molecular flexibility index (Phi) is 6.28. The molecule has 0 radical (unpaired) electrons. The quantitative estimate of drug-likeness (QED) is 0.708. The summed E-state index contributed by atoms with van der Waals surface area (Å²) in [4.78, 5) is 0. The van der Waals surface area contributed by atoms with Gasteiger partial charge in [0.15, 0.2) is 0 Å². The van der Waals surface area contributed by atoms with Crippen molar-refractivity contribution in [3.63, 3.8) is 0 Å². The SMILES string of the molecule is Cc1ccc(OCCCCNCc2ccco2)c(C(C)(C)C)c1. The number of furan rings is 1. The first-order valence-corrected chi connectivity index (χ1v) is 8.44. The molecule has 0 bridgehead atoms. The molecule has 126 valence electrons. The van der Waals surface area contributed by atoms with E-state index in [1.54, 1.807) is 6.26 Å². The van der Waals surface area contributed by atoms with Crippen LogP contribution in [-0.4, -0.2) is 13.2 Å². The number of benzene rings is 1. The molecule has 0 spiro atoms. The molecule has 0 amide bonds. The highest BCUT2D eigenvalue weighted by Gasteiger charge is 2.18. The van der Waals surface area contributed by atoms with Crippen LogP contribution in [0.25, 0.3) is 0 Å². The lowest BCUT2D eigenvalue weighted by atomic mass is 9.85. The van der Waals surface area contributed by atoms with Gasteiger partial charge < -0.3 is 14.5 Å². The van der Waals surface area contributed by atoms with Crippen molar-refractivity contribution >= 4 is 0 Å². The van der Waals surface area contributed by atoms with Crippen LogP contribution in [0.15, 0.2) is 41.0 Å². The van der Waals surface area contributed by atoms with Crippen LogP contribution in [-0.2, 0) is 12.0 Å². The molecule has 0 aliphatic carbocycles. The van der Waals surface area contributed by atoms with Crippen molar-refractivity contribution < 1.29 is 9.15 Å². The fraction of sp³-hybridized carbons (Fsp3) is 0.500. The normalized spacial score (nSPS) is 11.7. The van der Waals surface area contributed by atoms with E-state index in [4.69, 9.17) is 9.15 Å². The molecular formula is C20H29NO2. The van der Waals surface area contributed by atoms with E-state index in [9.17, 15) is 0 Å². The van der Waals surface area contributed by atoms with Crippen LogP contribution in [0.3, 0.4) is 0 Å². The average Bonchev–Trinajstić information content (AvgIpc) is 3.00. The number of hydrogen-bond acceptors (Lipinski definition) is 3. The van der Waals surface area contributed by atoms with Crippen LogP contribution in [0.5, 0.6) is 5.75 Å². The van der Waals surface area contributed by atoms with Gasteiger partial charge in [-0.2, -0.15) is 0 Å². The van der Waals surface area contributed by atoms with Gasteiger partial charge in [-0.15, -0.1) is 0 Å². The summed E-state index contributed by atoms with van der Waals surface area (Å²) in [6, 6.07) is 10.4. The summed E-state index contributed by atoms with van der Waals surface area (Å²) in [5, 5.41) is 3.38. The second-order valence-corrected chi connectivity index (χ2v) is 7.06. The van der Waals surface area contributed by atoms with Crippen LogP contribution in [0, 0.1) is 6.92 Å². The minimum absolute atomic E-state index is 0.103. The Morgan fingerprint density at radius 3 is 2.65 bits per heavy atom. The largest absolute Gasteiger partial charge is 0.493 e. The highest BCUT2D eigenvalue weighted by Crippen LogP contribution is 2.32. The zero-order valence-electron chi connectivity index (χ0n) is 14.8. The van der Waals surface area contributed by atoms with Crippen LogP contribution >= 0.6 is 0 Å². The van der Waals surface area contributed by atoms with Crippen molar-refractivity contribution in [2.45, 2.75) is 52.5 Å². The topological polar surface area (TPSA) is 34.4 Å². The molecular weight excluding hydrogens is 286 g/mol. The second kappa shape index (κ2) is 8.21. The van der Waals surface area contributed by atoms with E-state index in [0.29, 0.717) is 0 Å². The van der Waals surface area contributed by atoms with Crippen LogP contribution in [0.4, 0.5) is 0 Å². The Balaban J connectivity index is 1.70. The Labute approximate surface area is 140 Å². The van der Waals surface area contributed by atoms with E-state index in [2.05, 4.69) is 51.2 Å². The molecule has 0 aliphatic rings. The summed E-state index contributed by atoms with van der Waals surface area (Å²) < 4.78 is 11.3. The van der Waals surface area contributed by atoms with Gasteiger partial charge in [-0.25, -0.2) is 0 Å². The lowest BCUT2D eigenvalue weighted by Gasteiger charge is -2.23. The Hall–Kier alpha value is -1.74. The molecule has 0 unspecified atom stereocenters. The molecule has 0 aliphatic heterocycles. The van der Waals surface area contributed by atoms with Crippen molar-refractivity contribution in [1.82, 2.24) is 5.32 Å². The maximum absolute atomic E-state index is 6.02. The summed E-state index contributed by atoms with van der Waals surface area (Å²) in [5.74, 6) is 2.00. The van der Waals surface area contributed by atoms with E-state index in [1.807, 2.05) is 12.1 Å². The lowest BCUT2D eigenvalue weighted by molar-refractivity contribution is 0.297. The summed E-state index contributed by atoms with van der Waals surface area (Å²) in [7, 11) is 0. The van der Waals surface area contributed by atoms with E-state index >= 15 is 0 Å². The van der Waals surface area contributed by atoms with Crippen molar-refractivity contribution in [1.29, 1.82) is 0 Å². The number of unbranched alkanes of at least 4 members (excludes halogenated alkanes) is 1. The smallest absolute Gasteiger partial charge is 0.123 e. The highest BCUT2D eigenvalue weighted by atomic mass is 16.5. The zero-order valence-corrected chi connectivity index (χ0v) is 14.8. The summed E-state index contributed by atoms with van der Waals surface area (Å²) >= 11 is 0. The van der Waals surface area contributed by atoms with Crippen molar-refractivity contribution in [3.05, 3.63) is 53.5 Å². The third kappa shape index (κ3) is 5.76. The molecule has 2 aromatic rings. The molecule has 1 N–H and O–H groups in total. The summed E-state index contributed by atoms with van der Waals surface area (Å²) in [6.07, 6.45) is 3.85. The number of ether oxygens (including phenoxy) is 1. The molecule has 1 heterocycles. The van der Waals surface area contributed by atoms with E-state index in [0.717, 1.165) is 44.0 Å². The Morgan fingerprint density at radius 2 is 1.96 bits per heavy atom. The molecule has 0 saturated heterocycles. The maximum atomic E-state index is 6.02. The van der Waals surface area contributed by atoms with Gasteiger partial charge in [-0.05, 0) is 55.5 Å². The maximum Gasteiger partial charge on any atom is 0.123 e.